The SMILES string of the molecule is CCSc1ccc(-c2nc(C(C)(C)NC)cs2)cc1. The Kier molecular flexibility index (Phi) is 4.66. The summed E-state index contributed by atoms with van der Waals surface area (Å²) in [6.07, 6.45) is 0. The lowest BCUT2D eigenvalue weighted by molar-refractivity contribution is 0.434. The lowest BCUT2D eigenvalue weighted by Crippen LogP contribution is -2.33. The van der Waals surface area contributed by atoms with Crippen LogP contribution in [0.5, 0.6) is 0 Å². The van der Waals surface area contributed by atoms with Gasteiger partial charge < -0.3 is 5.32 Å². The van der Waals surface area contributed by atoms with Crippen molar-refractivity contribution in [3.05, 3.63) is 35.3 Å². The van der Waals surface area contributed by atoms with Gasteiger partial charge in [0.2, 0.25) is 0 Å². The largest absolute Gasteiger partial charge is 0.310 e. The van der Waals surface area contributed by atoms with Gasteiger partial charge in [-0.05, 0) is 38.8 Å². The topological polar surface area (TPSA) is 24.9 Å². The number of nitrogens with zero attached hydrogens (tertiary/aromatic N) is 1. The summed E-state index contributed by atoms with van der Waals surface area (Å²) in [5.41, 5.74) is 2.22. The summed E-state index contributed by atoms with van der Waals surface area (Å²) in [5.74, 6) is 1.11. The molecule has 1 aromatic heterocycles. The van der Waals surface area contributed by atoms with Crippen LogP contribution >= 0.6 is 23.1 Å². The van der Waals surface area contributed by atoms with E-state index in [1.165, 1.54) is 10.5 Å². The van der Waals surface area contributed by atoms with Gasteiger partial charge in [-0.15, -0.1) is 23.1 Å². The Morgan fingerprint density at radius 1 is 1.26 bits per heavy atom. The minimum Gasteiger partial charge on any atom is -0.310 e. The quantitative estimate of drug-likeness (QED) is 0.828. The smallest absolute Gasteiger partial charge is 0.123 e. The van der Waals surface area contributed by atoms with Crippen LogP contribution < -0.4 is 5.32 Å². The molecule has 1 N–H and O–H groups in total. The normalized spacial score (nSPS) is 11.8. The average Bonchev–Trinajstić information content (AvgIpc) is 2.90. The maximum Gasteiger partial charge on any atom is 0.123 e. The molecule has 4 heteroatoms. The zero-order valence-corrected chi connectivity index (χ0v) is 13.5. The molecule has 0 aliphatic heterocycles. The van der Waals surface area contributed by atoms with E-state index in [1.807, 2.05) is 18.8 Å². The Hall–Kier alpha value is -0.840. The van der Waals surface area contributed by atoms with Gasteiger partial charge in [-0.2, -0.15) is 0 Å². The third-order valence-corrected chi connectivity index (χ3v) is 4.97. The Balaban J connectivity index is 2.23. The first-order valence-corrected chi connectivity index (χ1v) is 8.31. The lowest BCUT2D eigenvalue weighted by atomic mass is 10.0. The maximum atomic E-state index is 4.75. The number of hydrogen-bond donors (Lipinski definition) is 1. The van der Waals surface area contributed by atoms with Crippen molar-refractivity contribution in [1.29, 1.82) is 0 Å². The predicted octanol–water partition coefficient (Wildman–Crippen LogP) is 4.38. The molecule has 0 saturated carbocycles. The summed E-state index contributed by atoms with van der Waals surface area (Å²) in [4.78, 5) is 6.07. The molecule has 0 spiro atoms. The molecule has 0 amide bonds. The first-order valence-electron chi connectivity index (χ1n) is 6.45. The second-order valence-electron chi connectivity index (χ2n) is 4.87. The summed E-state index contributed by atoms with van der Waals surface area (Å²) in [7, 11) is 1.97. The maximum absolute atomic E-state index is 4.75. The van der Waals surface area contributed by atoms with Gasteiger partial charge in [0.15, 0.2) is 0 Å². The van der Waals surface area contributed by atoms with Crippen LogP contribution in [-0.2, 0) is 5.54 Å². The van der Waals surface area contributed by atoms with E-state index in [-0.39, 0.29) is 5.54 Å². The van der Waals surface area contributed by atoms with E-state index in [2.05, 4.69) is 55.7 Å². The Bertz CT molecular complexity index is 529. The highest BCUT2D eigenvalue weighted by Crippen LogP contribution is 2.29. The number of nitrogens with one attached hydrogen (secondary N) is 1. The van der Waals surface area contributed by atoms with Crippen molar-refractivity contribution in [3.8, 4) is 10.6 Å². The highest BCUT2D eigenvalue weighted by Gasteiger charge is 2.21. The average molecular weight is 292 g/mol. The van der Waals surface area contributed by atoms with Crippen LogP contribution in [0.15, 0.2) is 34.5 Å². The molecule has 0 saturated heterocycles. The minimum absolute atomic E-state index is 0.0766. The molecular formula is C15H20N2S2. The number of benzene rings is 1. The van der Waals surface area contributed by atoms with Crippen molar-refractivity contribution in [2.45, 2.75) is 31.2 Å². The third kappa shape index (κ3) is 3.38. The van der Waals surface area contributed by atoms with E-state index in [0.29, 0.717) is 0 Å². The van der Waals surface area contributed by atoms with Gasteiger partial charge in [0, 0.05) is 15.8 Å². The van der Waals surface area contributed by atoms with Gasteiger partial charge in [-0.1, -0.05) is 19.1 Å². The van der Waals surface area contributed by atoms with E-state index in [4.69, 9.17) is 4.98 Å². The highest BCUT2D eigenvalue weighted by molar-refractivity contribution is 7.99. The van der Waals surface area contributed by atoms with Crippen LogP contribution in [0.2, 0.25) is 0 Å². The van der Waals surface area contributed by atoms with Crippen LogP contribution in [-0.4, -0.2) is 17.8 Å². The zero-order valence-electron chi connectivity index (χ0n) is 11.9. The second-order valence-corrected chi connectivity index (χ2v) is 7.07. The first kappa shape index (κ1) is 14.6. The van der Waals surface area contributed by atoms with Crippen LogP contribution in [0, 0.1) is 0 Å². The molecule has 1 heterocycles. The Morgan fingerprint density at radius 3 is 2.53 bits per heavy atom. The van der Waals surface area contributed by atoms with Crippen molar-refractivity contribution in [3.63, 3.8) is 0 Å². The van der Waals surface area contributed by atoms with Crippen molar-refractivity contribution < 1.29 is 0 Å². The third-order valence-electron chi connectivity index (χ3n) is 3.18. The molecule has 1 aromatic carbocycles. The van der Waals surface area contributed by atoms with Crippen molar-refractivity contribution in [1.82, 2.24) is 10.3 Å². The number of rotatable bonds is 5. The molecule has 0 bridgehead atoms. The first-order chi connectivity index (χ1) is 9.06. The molecule has 0 aliphatic carbocycles. The van der Waals surface area contributed by atoms with Crippen LogP contribution in [0.1, 0.15) is 26.5 Å². The molecule has 19 heavy (non-hydrogen) atoms. The Labute approximate surface area is 123 Å². The van der Waals surface area contributed by atoms with Crippen molar-refractivity contribution in [2.75, 3.05) is 12.8 Å². The molecule has 0 unspecified atom stereocenters. The summed E-state index contributed by atoms with van der Waals surface area (Å²) in [6, 6.07) is 8.67. The summed E-state index contributed by atoms with van der Waals surface area (Å²) < 4.78 is 0. The van der Waals surface area contributed by atoms with E-state index in [1.54, 1.807) is 11.3 Å². The molecule has 0 aliphatic rings. The second kappa shape index (κ2) is 6.07. The van der Waals surface area contributed by atoms with Gasteiger partial charge in [-0.25, -0.2) is 4.98 Å². The van der Waals surface area contributed by atoms with Gasteiger partial charge in [0.05, 0.1) is 11.2 Å². The van der Waals surface area contributed by atoms with Crippen molar-refractivity contribution >= 4 is 23.1 Å². The fourth-order valence-electron chi connectivity index (χ4n) is 1.68. The Morgan fingerprint density at radius 2 is 1.95 bits per heavy atom. The molecule has 2 nitrogen and oxygen atoms in total. The molecular weight excluding hydrogens is 272 g/mol. The lowest BCUT2D eigenvalue weighted by Gasteiger charge is -2.21. The summed E-state index contributed by atoms with van der Waals surface area (Å²) >= 11 is 3.57. The van der Waals surface area contributed by atoms with Crippen LogP contribution in [0.4, 0.5) is 0 Å². The van der Waals surface area contributed by atoms with Gasteiger partial charge in [0.25, 0.3) is 0 Å². The molecule has 2 aromatic rings. The number of thiazole rings is 1. The predicted molar refractivity (Wildman–Crippen MR) is 86.0 cm³/mol. The zero-order chi connectivity index (χ0) is 13.9. The van der Waals surface area contributed by atoms with E-state index >= 15 is 0 Å². The van der Waals surface area contributed by atoms with Crippen molar-refractivity contribution in [2.24, 2.45) is 0 Å². The number of thioether (sulfide) groups is 1. The number of hydrogen-bond acceptors (Lipinski definition) is 4. The fourth-order valence-corrected chi connectivity index (χ4v) is 3.34. The van der Waals surface area contributed by atoms with E-state index in [0.717, 1.165) is 16.5 Å². The summed E-state index contributed by atoms with van der Waals surface area (Å²) in [5, 5.41) is 6.52. The summed E-state index contributed by atoms with van der Waals surface area (Å²) in [6.45, 7) is 6.46. The number of aromatic nitrogens is 1. The highest BCUT2D eigenvalue weighted by atomic mass is 32.2. The standard InChI is InChI=1S/C15H20N2S2/c1-5-18-12-8-6-11(7-9-12)14-17-13(10-19-14)15(2,3)16-4/h6-10,16H,5H2,1-4H3. The van der Waals surface area contributed by atoms with Gasteiger partial charge in [-0.3, -0.25) is 0 Å². The minimum atomic E-state index is -0.0766. The molecule has 0 atom stereocenters. The molecule has 102 valence electrons. The monoisotopic (exact) mass is 292 g/mol. The fraction of sp³-hybridized carbons (Fsp3) is 0.400. The van der Waals surface area contributed by atoms with Crippen LogP contribution in [0.25, 0.3) is 10.6 Å². The van der Waals surface area contributed by atoms with E-state index in [9.17, 15) is 0 Å². The molecule has 0 radical (unpaired) electrons. The molecule has 2 rings (SSSR count). The van der Waals surface area contributed by atoms with Gasteiger partial charge in [0.1, 0.15) is 5.01 Å². The van der Waals surface area contributed by atoms with E-state index < -0.39 is 0 Å². The van der Waals surface area contributed by atoms with Gasteiger partial charge >= 0.3 is 0 Å². The molecule has 0 fully saturated rings. The van der Waals surface area contributed by atoms with Crippen LogP contribution in [0.3, 0.4) is 0 Å².